The van der Waals surface area contributed by atoms with Crippen LogP contribution >= 0.6 is 11.8 Å². The van der Waals surface area contributed by atoms with Gasteiger partial charge in [0.2, 0.25) is 0 Å². The summed E-state index contributed by atoms with van der Waals surface area (Å²) in [6.07, 6.45) is 3.79. The molecule has 3 aromatic rings. The number of imide groups is 1. The Bertz CT molecular complexity index is 1170. The Hall–Kier alpha value is -3.30. The number of carbonyl (C=O) groups excluding carboxylic acids is 2. The molecule has 0 atom stereocenters. The third kappa shape index (κ3) is 3.10. The van der Waals surface area contributed by atoms with E-state index in [1.165, 1.54) is 4.90 Å². The number of thioether (sulfide) groups is 1. The van der Waals surface area contributed by atoms with Crippen molar-refractivity contribution < 1.29 is 9.59 Å². The lowest BCUT2D eigenvalue weighted by Gasteiger charge is -2.13. The number of fused-ring (bicyclic) bond motifs is 1. The summed E-state index contributed by atoms with van der Waals surface area (Å²) in [4.78, 5) is 26.9. The number of para-hydroxylation sites is 1. The van der Waals surface area contributed by atoms with Crippen molar-refractivity contribution in [1.82, 2.24) is 9.47 Å². The fraction of sp³-hybridized carbons (Fsp3) is 0.136. The van der Waals surface area contributed by atoms with Gasteiger partial charge >= 0.3 is 0 Å². The molecule has 5 nitrogen and oxygen atoms in total. The van der Waals surface area contributed by atoms with Gasteiger partial charge in [0.05, 0.1) is 23.1 Å². The van der Waals surface area contributed by atoms with Crippen LogP contribution in [0.1, 0.15) is 23.6 Å². The minimum atomic E-state index is -0.323. The summed E-state index contributed by atoms with van der Waals surface area (Å²) >= 11 is 0.941. The normalized spacial score (nSPS) is 15.6. The van der Waals surface area contributed by atoms with Crippen molar-refractivity contribution in [2.45, 2.75) is 20.0 Å². The number of benzene rings is 2. The Morgan fingerprint density at radius 2 is 1.86 bits per heavy atom. The fourth-order valence-corrected chi connectivity index (χ4v) is 4.20. The lowest BCUT2D eigenvalue weighted by Crippen LogP contribution is -2.27. The third-order valence-corrected chi connectivity index (χ3v) is 5.69. The predicted molar refractivity (Wildman–Crippen MR) is 110 cm³/mol. The van der Waals surface area contributed by atoms with Gasteiger partial charge in [0, 0.05) is 29.2 Å². The van der Waals surface area contributed by atoms with Gasteiger partial charge in [-0.3, -0.25) is 14.5 Å². The number of amides is 2. The average Bonchev–Trinajstić information content (AvgIpc) is 3.21. The van der Waals surface area contributed by atoms with Gasteiger partial charge in [0.25, 0.3) is 11.1 Å². The molecule has 0 aliphatic carbocycles. The second-order valence-electron chi connectivity index (χ2n) is 6.42. The number of aromatic nitrogens is 1. The van der Waals surface area contributed by atoms with Gasteiger partial charge in [-0.25, -0.2) is 0 Å². The molecule has 1 saturated heterocycles. The summed E-state index contributed by atoms with van der Waals surface area (Å²) in [5, 5.41) is 9.97. The molecule has 1 aliphatic rings. The maximum absolute atomic E-state index is 12.9. The highest BCUT2D eigenvalue weighted by Crippen LogP contribution is 2.35. The van der Waals surface area contributed by atoms with Crippen LogP contribution in [0.5, 0.6) is 0 Å². The van der Waals surface area contributed by atoms with E-state index < -0.39 is 0 Å². The molecule has 0 spiro atoms. The van der Waals surface area contributed by atoms with E-state index in [2.05, 4.69) is 17.6 Å². The van der Waals surface area contributed by atoms with Crippen LogP contribution in [-0.4, -0.2) is 20.6 Å². The topological polar surface area (TPSA) is 66.1 Å². The lowest BCUT2D eigenvalue weighted by atomic mass is 10.1. The van der Waals surface area contributed by atoms with Gasteiger partial charge in [-0.1, -0.05) is 36.4 Å². The molecule has 2 amide bonds. The summed E-state index contributed by atoms with van der Waals surface area (Å²) in [5.41, 5.74) is 3.14. The van der Waals surface area contributed by atoms with E-state index in [0.29, 0.717) is 16.0 Å². The molecule has 0 bridgehead atoms. The molecule has 1 aromatic heterocycles. The smallest absolute Gasteiger partial charge is 0.293 e. The molecule has 28 heavy (non-hydrogen) atoms. The number of aryl methyl sites for hydroxylation is 1. The Labute approximate surface area is 166 Å². The molecule has 0 N–H and O–H groups in total. The maximum atomic E-state index is 12.9. The SMILES string of the molecule is CCn1cc(C=C2SC(=O)N(Cc3ccccc3C#N)C2=O)c2ccccc21. The van der Waals surface area contributed by atoms with Gasteiger partial charge in [0.15, 0.2) is 0 Å². The highest BCUT2D eigenvalue weighted by atomic mass is 32.2. The van der Waals surface area contributed by atoms with Crippen molar-refractivity contribution >= 4 is 39.9 Å². The van der Waals surface area contributed by atoms with Crippen molar-refractivity contribution in [2.24, 2.45) is 0 Å². The number of rotatable bonds is 4. The third-order valence-electron chi connectivity index (χ3n) is 4.79. The number of carbonyl (C=O) groups is 2. The van der Waals surface area contributed by atoms with Crippen molar-refractivity contribution in [3.63, 3.8) is 0 Å². The highest BCUT2D eigenvalue weighted by molar-refractivity contribution is 8.18. The van der Waals surface area contributed by atoms with E-state index in [0.717, 1.165) is 34.8 Å². The molecule has 0 unspecified atom stereocenters. The van der Waals surface area contributed by atoms with Crippen LogP contribution < -0.4 is 0 Å². The zero-order valence-electron chi connectivity index (χ0n) is 15.3. The van der Waals surface area contributed by atoms with Crippen LogP contribution in [0.4, 0.5) is 4.79 Å². The molecule has 4 rings (SSSR count). The first kappa shape index (κ1) is 18.1. The summed E-state index contributed by atoms with van der Waals surface area (Å²) in [6, 6.07) is 17.1. The Kier molecular flexibility index (Phi) is 4.76. The molecule has 2 heterocycles. The van der Waals surface area contributed by atoms with Crippen molar-refractivity contribution in [2.75, 3.05) is 0 Å². The van der Waals surface area contributed by atoms with E-state index in [9.17, 15) is 14.9 Å². The molecular weight excluding hydrogens is 370 g/mol. The summed E-state index contributed by atoms with van der Waals surface area (Å²) in [6.45, 7) is 2.99. The summed E-state index contributed by atoms with van der Waals surface area (Å²) in [7, 11) is 0. The van der Waals surface area contributed by atoms with Crippen molar-refractivity contribution in [3.8, 4) is 6.07 Å². The fourth-order valence-electron chi connectivity index (χ4n) is 3.37. The van der Waals surface area contributed by atoms with Gasteiger partial charge in [-0.2, -0.15) is 5.26 Å². The van der Waals surface area contributed by atoms with E-state index >= 15 is 0 Å². The van der Waals surface area contributed by atoms with E-state index in [4.69, 9.17) is 0 Å². The summed E-state index contributed by atoms with van der Waals surface area (Å²) < 4.78 is 2.12. The second-order valence-corrected chi connectivity index (χ2v) is 7.42. The number of nitriles is 1. The second kappa shape index (κ2) is 7.37. The van der Waals surface area contributed by atoms with E-state index in [1.54, 1.807) is 30.3 Å². The van der Waals surface area contributed by atoms with Crippen molar-refractivity contribution in [3.05, 3.63) is 76.3 Å². The van der Waals surface area contributed by atoms with Crippen LogP contribution in [0.15, 0.2) is 59.6 Å². The first-order chi connectivity index (χ1) is 13.6. The minimum Gasteiger partial charge on any atom is -0.347 e. The summed E-state index contributed by atoms with van der Waals surface area (Å²) in [5.74, 6) is -0.323. The molecule has 1 aliphatic heterocycles. The molecular formula is C22H17N3O2S. The molecule has 0 saturated carbocycles. The van der Waals surface area contributed by atoms with Gasteiger partial charge in [-0.05, 0) is 42.5 Å². The average molecular weight is 387 g/mol. The number of hydrogen-bond donors (Lipinski definition) is 0. The molecule has 6 heteroatoms. The van der Waals surface area contributed by atoms with Crippen LogP contribution in [0.3, 0.4) is 0 Å². The molecule has 0 radical (unpaired) electrons. The largest absolute Gasteiger partial charge is 0.347 e. The first-order valence-corrected chi connectivity index (χ1v) is 9.75. The number of nitrogens with zero attached hydrogens (tertiary/aromatic N) is 3. The van der Waals surface area contributed by atoms with E-state index in [1.807, 2.05) is 30.5 Å². The standard InChI is InChI=1S/C22H17N3O2S/c1-2-24-13-17(18-9-5-6-10-19(18)24)11-20-21(26)25(22(27)28-20)14-16-8-4-3-7-15(16)12-23/h3-11,13H,2,14H2,1H3. The van der Waals surface area contributed by atoms with Crippen molar-refractivity contribution in [1.29, 1.82) is 5.26 Å². The van der Waals surface area contributed by atoms with Crippen LogP contribution in [-0.2, 0) is 17.9 Å². The monoisotopic (exact) mass is 387 g/mol. The minimum absolute atomic E-state index is 0.0997. The zero-order valence-corrected chi connectivity index (χ0v) is 16.1. The first-order valence-electron chi connectivity index (χ1n) is 8.93. The Morgan fingerprint density at radius 3 is 2.64 bits per heavy atom. The molecule has 138 valence electrons. The number of hydrogen-bond acceptors (Lipinski definition) is 4. The van der Waals surface area contributed by atoms with Crippen LogP contribution in [0.25, 0.3) is 17.0 Å². The van der Waals surface area contributed by atoms with Gasteiger partial charge in [-0.15, -0.1) is 0 Å². The van der Waals surface area contributed by atoms with Crippen LogP contribution in [0, 0.1) is 11.3 Å². The van der Waals surface area contributed by atoms with Crippen LogP contribution in [0.2, 0.25) is 0 Å². The van der Waals surface area contributed by atoms with Gasteiger partial charge in [0.1, 0.15) is 0 Å². The van der Waals surface area contributed by atoms with E-state index in [-0.39, 0.29) is 17.7 Å². The zero-order chi connectivity index (χ0) is 19.7. The quantitative estimate of drug-likeness (QED) is 0.605. The maximum Gasteiger partial charge on any atom is 0.293 e. The Morgan fingerprint density at radius 1 is 1.11 bits per heavy atom. The Balaban J connectivity index is 1.67. The molecule has 2 aromatic carbocycles. The van der Waals surface area contributed by atoms with Gasteiger partial charge < -0.3 is 4.57 Å². The highest BCUT2D eigenvalue weighted by Gasteiger charge is 2.35. The lowest BCUT2D eigenvalue weighted by molar-refractivity contribution is -0.123. The molecule has 1 fully saturated rings. The predicted octanol–water partition coefficient (Wildman–Crippen LogP) is 4.77.